The van der Waals surface area contributed by atoms with Crippen molar-refractivity contribution in [2.24, 2.45) is 0 Å². The van der Waals surface area contributed by atoms with Crippen LogP contribution >= 0.6 is 0 Å². The molecule has 74 valence electrons. The van der Waals surface area contributed by atoms with Gasteiger partial charge in [0.05, 0.1) is 7.11 Å². The van der Waals surface area contributed by atoms with Crippen LogP contribution in [0.1, 0.15) is 5.56 Å². The number of methoxy groups -OCH3 is 1. The Balaban J connectivity index is 2.95. The van der Waals surface area contributed by atoms with Crippen molar-refractivity contribution >= 4 is 12.0 Å². The summed E-state index contributed by atoms with van der Waals surface area (Å²) in [6, 6.07) is 4.59. The Labute approximate surface area is 81.1 Å². The number of carboxylic acids is 1. The van der Waals surface area contributed by atoms with E-state index in [1.165, 1.54) is 19.3 Å². The number of hydrogen-bond donors (Lipinski definition) is 2. The molecule has 1 aromatic rings. The van der Waals surface area contributed by atoms with Crippen LogP contribution in [0.2, 0.25) is 0 Å². The van der Waals surface area contributed by atoms with Gasteiger partial charge in [0, 0.05) is 6.08 Å². The van der Waals surface area contributed by atoms with E-state index >= 15 is 0 Å². The van der Waals surface area contributed by atoms with E-state index < -0.39 is 5.97 Å². The molecule has 0 fully saturated rings. The molecule has 4 nitrogen and oxygen atoms in total. The molecule has 0 bridgehead atoms. The predicted octanol–water partition coefficient (Wildman–Crippen LogP) is 1.50. The average molecular weight is 197 g/mol. The average Bonchev–Trinajstić information content (AvgIpc) is 2.16. The zero-order valence-electron chi connectivity index (χ0n) is 7.60. The van der Waals surface area contributed by atoms with Gasteiger partial charge in [-0.3, -0.25) is 0 Å². The molecule has 0 atom stereocenters. The van der Waals surface area contributed by atoms with Crippen molar-refractivity contribution in [1.82, 2.24) is 0 Å². The van der Waals surface area contributed by atoms with Crippen LogP contribution in [0.5, 0.6) is 11.5 Å². The molecule has 0 amide bonds. The van der Waals surface area contributed by atoms with E-state index in [2.05, 4.69) is 0 Å². The van der Waals surface area contributed by atoms with Gasteiger partial charge in [-0.15, -0.1) is 0 Å². The number of carboxylic acid groups (broad SMARTS) is 1. The van der Waals surface area contributed by atoms with E-state index in [-0.39, 0.29) is 5.75 Å². The Morgan fingerprint density at radius 3 is 2.79 bits per heavy atom. The second-order valence-electron chi connectivity index (χ2n) is 2.60. The number of benzene rings is 1. The van der Waals surface area contributed by atoms with Gasteiger partial charge in [-0.05, 0) is 23.8 Å². The first-order valence-electron chi connectivity index (χ1n) is 3.91. The summed E-state index contributed by atoms with van der Waals surface area (Å²) in [5, 5.41) is 17.6. The number of rotatable bonds is 3. The Morgan fingerprint density at radius 2 is 2.21 bits per heavy atom. The maximum atomic E-state index is 10.2. The Morgan fingerprint density at radius 1 is 1.50 bits per heavy atom. The summed E-state index contributed by atoms with van der Waals surface area (Å²) in [5.74, 6) is -0.672. The van der Waals surface area contributed by atoms with Crippen LogP contribution in [0, 0.1) is 0 Å². The highest BCUT2D eigenvalue weighted by atomic mass is 16.5. The quantitative estimate of drug-likeness (QED) is 0.720. The highest BCUT2D eigenvalue weighted by Crippen LogP contribution is 2.26. The van der Waals surface area contributed by atoms with Gasteiger partial charge in [-0.1, -0.05) is 6.07 Å². The molecule has 0 aliphatic rings. The van der Waals surface area contributed by atoms with Gasteiger partial charge in [-0.25, -0.2) is 4.79 Å². The number of aromatic hydroxyl groups is 1. The lowest BCUT2D eigenvalue weighted by molar-refractivity contribution is -0.131. The standard InChI is InChI=1S/C10H10O4/c1-14-9-6-7(2-4-8(9)11)3-5-10(12)13/h2-6,11H,1H3,(H,12,13)/i6+1,7+1,9+1. The van der Waals surface area contributed by atoms with E-state index in [9.17, 15) is 9.90 Å². The zero-order chi connectivity index (χ0) is 10.6. The fourth-order valence-corrected chi connectivity index (χ4v) is 0.965. The van der Waals surface area contributed by atoms with E-state index in [0.29, 0.717) is 11.3 Å². The van der Waals surface area contributed by atoms with Gasteiger partial charge in [-0.2, -0.15) is 0 Å². The van der Waals surface area contributed by atoms with Crippen molar-refractivity contribution < 1.29 is 19.7 Å². The minimum Gasteiger partial charge on any atom is -0.504 e. The lowest BCUT2D eigenvalue weighted by Gasteiger charge is -2.03. The molecule has 0 aliphatic heterocycles. The molecule has 4 heteroatoms. The molecule has 0 aliphatic carbocycles. The normalized spacial score (nSPS) is 10.4. The van der Waals surface area contributed by atoms with E-state index in [0.717, 1.165) is 6.08 Å². The molecular weight excluding hydrogens is 187 g/mol. The third-order valence-corrected chi connectivity index (χ3v) is 1.62. The Hall–Kier alpha value is -1.97. The summed E-state index contributed by atoms with van der Waals surface area (Å²) in [4.78, 5) is 10.2. The molecule has 0 unspecified atom stereocenters. The molecule has 0 saturated heterocycles. The summed E-state index contributed by atoms with van der Waals surface area (Å²) < 4.78 is 4.86. The summed E-state index contributed by atoms with van der Waals surface area (Å²) >= 11 is 0. The van der Waals surface area contributed by atoms with Crippen molar-refractivity contribution in [3.63, 3.8) is 0 Å². The lowest BCUT2D eigenvalue weighted by atomic mass is 10.5. The number of aliphatic carboxylic acids is 1. The summed E-state index contributed by atoms with van der Waals surface area (Å²) in [6.07, 6.45) is 2.44. The van der Waals surface area contributed by atoms with Gasteiger partial charge >= 0.3 is 5.97 Å². The Kier molecular flexibility index (Phi) is 3.12. The second kappa shape index (κ2) is 4.32. The van der Waals surface area contributed by atoms with E-state index in [1.54, 1.807) is 12.1 Å². The SMILES string of the molecule is CO[13c]1[13cH][13c](C=CC(=O)O)ccc1O. The molecular formula is C10H10O4. The maximum Gasteiger partial charge on any atom is 0.328 e. The molecule has 0 radical (unpaired) electrons. The monoisotopic (exact) mass is 197 g/mol. The van der Waals surface area contributed by atoms with Crippen LogP contribution in [-0.2, 0) is 4.79 Å². The molecule has 0 spiro atoms. The minimum atomic E-state index is -1.02. The molecule has 14 heavy (non-hydrogen) atoms. The fraction of sp³-hybridized carbons (Fsp3) is 0.100. The first-order valence-corrected chi connectivity index (χ1v) is 3.91. The van der Waals surface area contributed by atoms with E-state index in [4.69, 9.17) is 9.84 Å². The predicted molar refractivity (Wildman–Crippen MR) is 51.3 cm³/mol. The number of phenolic OH excluding ortho intramolecular Hbond substituents is 1. The number of ether oxygens (including phenoxy) is 1. The maximum absolute atomic E-state index is 10.2. The first-order chi connectivity index (χ1) is 6.63. The van der Waals surface area contributed by atoms with Crippen LogP contribution < -0.4 is 4.74 Å². The fourth-order valence-electron chi connectivity index (χ4n) is 0.965. The number of carbonyl (C=O) groups is 1. The van der Waals surface area contributed by atoms with Gasteiger partial charge in [0.1, 0.15) is 0 Å². The van der Waals surface area contributed by atoms with Gasteiger partial charge < -0.3 is 14.9 Å². The van der Waals surface area contributed by atoms with Crippen LogP contribution in [0.25, 0.3) is 6.08 Å². The number of phenols is 1. The molecule has 1 aromatic carbocycles. The Bertz CT molecular complexity index is 368. The molecule has 0 aromatic heterocycles. The van der Waals surface area contributed by atoms with Crippen LogP contribution in [0.15, 0.2) is 24.3 Å². The van der Waals surface area contributed by atoms with Crippen molar-refractivity contribution in [1.29, 1.82) is 0 Å². The van der Waals surface area contributed by atoms with Gasteiger partial charge in [0.25, 0.3) is 0 Å². The molecule has 0 saturated carbocycles. The van der Waals surface area contributed by atoms with Gasteiger partial charge in [0.15, 0.2) is 11.5 Å². The highest BCUT2D eigenvalue weighted by Gasteiger charge is 2.00. The van der Waals surface area contributed by atoms with Gasteiger partial charge in [0.2, 0.25) is 0 Å². The minimum absolute atomic E-state index is 0.0278. The number of hydrogen-bond acceptors (Lipinski definition) is 3. The second-order valence-corrected chi connectivity index (χ2v) is 2.60. The van der Waals surface area contributed by atoms with Crippen LogP contribution in [0.4, 0.5) is 0 Å². The summed E-state index contributed by atoms with van der Waals surface area (Å²) in [6.45, 7) is 0. The van der Waals surface area contributed by atoms with Crippen molar-refractivity contribution in [2.45, 2.75) is 0 Å². The molecule has 0 heterocycles. The topological polar surface area (TPSA) is 66.8 Å². The molecule has 1 rings (SSSR count). The van der Waals surface area contributed by atoms with Crippen molar-refractivity contribution in [2.75, 3.05) is 7.11 Å². The highest BCUT2D eigenvalue weighted by molar-refractivity contribution is 5.85. The van der Waals surface area contributed by atoms with E-state index in [1.807, 2.05) is 0 Å². The van der Waals surface area contributed by atoms with Crippen molar-refractivity contribution in [3.8, 4) is 11.5 Å². The smallest absolute Gasteiger partial charge is 0.328 e. The first kappa shape index (κ1) is 10.1. The largest absolute Gasteiger partial charge is 0.504 e. The lowest BCUT2D eigenvalue weighted by Crippen LogP contribution is -1.87. The summed E-state index contributed by atoms with van der Waals surface area (Å²) in [5.41, 5.74) is 0.655. The van der Waals surface area contributed by atoms with Crippen LogP contribution in [-0.4, -0.2) is 23.3 Å². The van der Waals surface area contributed by atoms with Crippen LogP contribution in [0.3, 0.4) is 0 Å². The third-order valence-electron chi connectivity index (χ3n) is 1.62. The zero-order valence-corrected chi connectivity index (χ0v) is 7.60. The molecule has 2 N–H and O–H groups in total. The summed E-state index contributed by atoms with van der Waals surface area (Å²) in [7, 11) is 1.43. The van der Waals surface area contributed by atoms with Crippen molar-refractivity contribution in [3.05, 3.63) is 29.8 Å². The third kappa shape index (κ3) is 2.52.